The van der Waals surface area contributed by atoms with E-state index in [1.54, 1.807) is 6.20 Å². The fourth-order valence-corrected chi connectivity index (χ4v) is 1.66. The van der Waals surface area contributed by atoms with Gasteiger partial charge in [0.1, 0.15) is 12.3 Å². The largest absolute Gasteiger partial charge is 0.475 e. The van der Waals surface area contributed by atoms with Gasteiger partial charge in [-0.05, 0) is 19.1 Å². The Morgan fingerprint density at radius 1 is 1.50 bits per heavy atom. The van der Waals surface area contributed by atoms with Crippen LogP contribution in [-0.4, -0.2) is 34.4 Å². The van der Waals surface area contributed by atoms with Gasteiger partial charge in [-0.15, -0.1) is 0 Å². The monoisotopic (exact) mass is 277 g/mol. The number of rotatable bonds is 5. The van der Waals surface area contributed by atoms with E-state index >= 15 is 0 Å². The van der Waals surface area contributed by atoms with Crippen molar-refractivity contribution in [3.05, 3.63) is 46.3 Å². The molecule has 7 heteroatoms. The van der Waals surface area contributed by atoms with Crippen LogP contribution in [0, 0.1) is 0 Å². The van der Waals surface area contributed by atoms with E-state index in [0.29, 0.717) is 5.76 Å². The molecule has 0 amide bonds. The van der Waals surface area contributed by atoms with Gasteiger partial charge in [0.2, 0.25) is 5.76 Å². The number of hydrogen-bond donors (Lipinski definition) is 1. The van der Waals surface area contributed by atoms with Crippen LogP contribution in [0.4, 0.5) is 5.69 Å². The van der Waals surface area contributed by atoms with Crippen molar-refractivity contribution in [1.82, 2.24) is 9.78 Å². The van der Waals surface area contributed by atoms with Crippen LogP contribution in [0.5, 0.6) is 0 Å². The normalized spacial score (nSPS) is 10.5. The highest BCUT2D eigenvalue weighted by molar-refractivity contribution is 5.84. The molecule has 0 atom stereocenters. The van der Waals surface area contributed by atoms with Crippen LogP contribution in [0.25, 0.3) is 0 Å². The minimum atomic E-state index is -1.14. The van der Waals surface area contributed by atoms with E-state index in [9.17, 15) is 9.59 Å². The van der Waals surface area contributed by atoms with Crippen LogP contribution in [0.2, 0.25) is 0 Å². The first-order chi connectivity index (χ1) is 9.51. The molecule has 20 heavy (non-hydrogen) atoms. The lowest BCUT2D eigenvalue weighted by molar-refractivity contribution is 0.0660. The molecule has 2 rings (SSSR count). The molecule has 2 aromatic rings. The molecule has 0 saturated heterocycles. The number of anilines is 1. The second-order valence-electron chi connectivity index (χ2n) is 4.29. The minimum absolute atomic E-state index is 0.0994. The Labute approximate surface area is 115 Å². The number of carboxylic acid groups (broad SMARTS) is 1. The van der Waals surface area contributed by atoms with Crippen molar-refractivity contribution in [3.63, 3.8) is 0 Å². The van der Waals surface area contributed by atoms with Crippen molar-refractivity contribution in [3.8, 4) is 0 Å². The zero-order valence-corrected chi connectivity index (χ0v) is 11.2. The smallest absolute Gasteiger partial charge is 0.371 e. The number of nitrogens with zero attached hydrogens (tertiary/aromatic N) is 3. The average Bonchev–Trinajstić information content (AvgIpc) is 2.89. The lowest BCUT2D eigenvalue weighted by atomic mass is 10.4. The van der Waals surface area contributed by atoms with E-state index in [1.807, 2.05) is 18.9 Å². The van der Waals surface area contributed by atoms with E-state index < -0.39 is 5.97 Å². The first-order valence-electron chi connectivity index (χ1n) is 6.11. The fourth-order valence-electron chi connectivity index (χ4n) is 1.66. The van der Waals surface area contributed by atoms with Gasteiger partial charge in [0, 0.05) is 19.7 Å². The quantitative estimate of drug-likeness (QED) is 0.878. The van der Waals surface area contributed by atoms with E-state index in [2.05, 4.69) is 5.10 Å². The summed E-state index contributed by atoms with van der Waals surface area (Å²) in [5, 5.41) is 12.8. The van der Waals surface area contributed by atoms with Crippen LogP contribution in [-0.2, 0) is 6.54 Å². The van der Waals surface area contributed by atoms with Gasteiger partial charge in [-0.3, -0.25) is 4.79 Å². The molecule has 2 aromatic heterocycles. The maximum absolute atomic E-state index is 11.9. The van der Waals surface area contributed by atoms with Crippen molar-refractivity contribution in [2.45, 2.75) is 13.5 Å². The molecular weight excluding hydrogens is 262 g/mol. The molecule has 0 aliphatic rings. The highest BCUT2D eigenvalue weighted by Crippen LogP contribution is 2.10. The Kier molecular flexibility index (Phi) is 3.88. The first kappa shape index (κ1) is 13.9. The summed E-state index contributed by atoms with van der Waals surface area (Å²) in [4.78, 5) is 24.5. The second kappa shape index (κ2) is 5.60. The number of aromatic carboxylic acids is 1. The molecule has 0 aromatic carbocycles. The van der Waals surface area contributed by atoms with Gasteiger partial charge in [0.25, 0.3) is 5.56 Å². The molecule has 0 aliphatic heterocycles. The van der Waals surface area contributed by atoms with E-state index in [-0.39, 0.29) is 17.9 Å². The Hall–Kier alpha value is -2.57. The minimum Gasteiger partial charge on any atom is -0.475 e. The molecule has 0 radical (unpaired) electrons. The summed E-state index contributed by atoms with van der Waals surface area (Å²) >= 11 is 0. The third kappa shape index (κ3) is 2.87. The molecule has 1 N–H and O–H groups in total. The lowest BCUT2D eigenvalue weighted by Crippen LogP contribution is -2.25. The zero-order chi connectivity index (χ0) is 14.7. The molecule has 106 valence electrons. The molecule has 0 unspecified atom stereocenters. The van der Waals surface area contributed by atoms with E-state index in [0.717, 1.165) is 12.2 Å². The predicted molar refractivity (Wildman–Crippen MR) is 72.2 cm³/mol. The van der Waals surface area contributed by atoms with Crippen LogP contribution < -0.4 is 10.5 Å². The average molecular weight is 277 g/mol. The van der Waals surface area contributed by atoms with Gasteiger partial charge in [-0.1, -0.05) is 0 Å². The van der Waals surface area contributed by atoms with Gasteiger partial charge in [-0.2, -0.15) is 5.10 Å². The van der Waals surface area contributed by atoms with Crippen molar-refractivity contribution in [2.24, 2.45) is 0 Å². The summed E-state index contributed by atoms with van der Waals surface area (Å²) in [6.45, 7) is 2.84. The molecule has 0 saturated carbocycles. The number of furan rings is 1. The third-order valence-electron chi connectivity index (χ3n) is 2.95. The molecule has 0 fully saturated rings. The predicted octanol–water partition coefficient (Wildman–Crippen LogP) is 1.04. The van der Waals surface area contributed by atoms with Gasteiger partial charge < -0.3 is 14.4 Å². The van der Waals surface area contributed by atoms with Crippen LogP contribution >= 0.6 is 0 Å². The molecular formula is C13H15N3O4. The maximum atomic E-state index is 11.9. The number of aromatic nitrogens is 2. The summed E-state index contributed by atoms with van der Waals surface area (Å²) in [6, 6.07) is 4.35. The van der Waals surface area contributed by atoms with Crippen molar-refractivity contribution < 1.29 is 14.3 Å². The van der Waals surface area contributed by atoms with Crippen LogP contribution in [0.1, 0.15) is 23.2 Å². The molecule has 0 spiro atoms. The zero-order valence-electron chi connectivity index (χ0n) is 11.2. The van der Waals surface area contributed by atoms with Crippen molar-refractivity contribution in [2.75, 3.05) is 18.5 Å². The summed E-state index contributed by atoms with van der Waals surface area (Å²) in [5.41, 5.74) is 0.468. The molecule has 0 bridgehead atoms. The van der Waals surface area contributed by atoms with Crippen LogP contribution in [0.15, 0.2) is 33.6 Å². The summed E-state index contributed by atoms with van der Waals surface area (Å²) in [6.07, 6.45) is 1.59. The second-order valence-corrected chi connectivity index (χ2v) is 4.29. The van der Waals surface area contributed by atoms with E-state index in [4.69, 9.17) is 9.52 Å². The molecule has 2 heterocycles. The van der Waals surface area contributed by atoms with Crippen molar-refractivity contribution in [1.29, 1.82) is 0 Å². The van der Waals surface area contributed by atoms with Crippen molar-refractivity contribution >= 4 is 11.7 Å². The topological polar surface area (TPSA) is 88.6 Å². The lowest BCUT2D eigenvalue weighted by Gasteiger charge is -2.16. The van der Waals surface area contributed by atoms with E-state index in [1.165, 1.54) is 22.9 Å². The summed E-state index contributed by atoms with van der Waals surface area (Å²) in [5.74, 6) is -0.930. The number of carbonyl (C=O) groups is 1. The SMILES string of the molecule is CCN(C)c1cnn(Cc2ccc(C(=O)O)o2)c(=O)c1. The van der Waals surface area contributed by atoms with Crippen LogP contribution in [0.3, 0.4) is 0 Å². The first-order valence-corrected chi connectivity index (χ1v) is 6.11. The summed E-state index contributed by atoms with van der Waals surface area (Å²) < 4.78 is 6.31. The standard InChI is InChI=1S/C13H15N3O4/c1-3-15(2)9-6-12(17)16(14-7-9)8-10-4-5-11(20-10)13(18)19/h4-7H,3,8H2,1-2H3,(H,18,19). The van der Waals surface area contributed by atoms with Gasteiger partial charge in [0.15, 0.2) is 0 Å². The van der Waals surface area contributed by atoms with Gasteiger partial charge in [-0.25, -0.2) is 9.48 Å². The number of hydrogen-bond acceptors (Lipinski definition) is 5. The Bertz CT molecular complexity index is 674. The maximum Gasteiger partial charge on any atom is 0.371 e. The number of carboxylic acids is 1. The third-order valence-corrected chi connectivity index (χ3v) is 2.95. The highest BCUT2D eigenvalue weighted by Gasteiger charge is 2.10. The highest BCUT2D eigenvalue weighted by atomic mass is 16.4. The molecule has 7 nitrogen and oxygen atoms in total. The Balaban J connectivity index is 2.21. The summed E-state index contributed by atoms with van der Waals surface area (Å²) in [7, 11) is 1.87. The Morgan fingerprint density at radius 2 is 2.25 bits per heavy atom. The van der Waals surface area contributed by atoms with Gasteiger partial charge in [0.05, 0.1) is 11.9 Å². The van der Waals surface area contributed by atoms with Gasteiger partial charge >= 0.3 is 5.97 Å². The Morgan fingerprint density at radius 3 is 2.80 bits per heavy atom. The fraction of sp³-hybridized carbons (Fsp3) is 0.308. The molecule has 0 aliphatic carbocycles.